The van der Waals surface area contributed by atoms with E-state index in [1.807, 2.05) is 0 Å². The molecule has 16 heavy (non-hydrogen) atoms. The van der Waals surface area contributed by atoms with Crippen molar-refractivity contribution in [3.8, 4) is 0 Å². The van der Waals surface area contributed by atoms with Gasteiger partial charge in [-0.3, -0.25) is 14.2 Å². The predicted molar refractivity (Wildman–Crippen MR) is 57.2 cm³/mol. The van der Waals surface area contributed by atoms with Gasteiger partial charge in [0.15, 0.2) is 0 Å². The van der Waals surface area contributed by atoms with Crippen LogP contribution in [0.5, 0.6) is 0 Å². The van der Waals surface area contributed by atoms with E-state index >= 15 is 0 Å². The number of carbonyl (C=O) groups is 1. The van der Waals surface area contributed by atoms with Crippen molar-refractivity contribution in [1.29, 1.82) is 0 Å². The molecule has 0 saturated heterocycles. The van der Waals surface area contributed by atoms with Crippen LogP contribution in [0.25, 0.3) is 5.52 Å². The lowest BCUT2D eigenvalue weighted by Crippen LogP contribution is -2.15. The van der Waals surface area contributed by atoms with Gasteiger partial charge in [0, 0.05) is 12.4 Å². The van der Waals surface area contributed by atoms with Crippen LogP contribution in [0.1, 0.15) is 18.2 Å². The highest BCUT2D eigenvalue weighted by atomic mass is 35.5. The Morgan fingerprint density at radius 1 is 1.69 bits per heavy atom. The topological polar surface area (TPSA) is 93.5 Å². The van der Waals surface area contributed by atoms with Crippen LogP contribution in [0.3, 0.4) is 0 Å². The van der Waals surface area contributed by atoms with E-state index in [1.54, 1.807) is 23.0 Å². The molecule has 0 saturated carbocycles. The van der Waals surface area contributed by atoms with Gasteiger partial charge in [0.25, 0.3) is 0 Å². The minimum Gasteiger partial charge on any atom is -0.481 e. The zero-order valence-electron chi connectivity index (χ0n) is 8.17. The third-order valence-corrected chi connectivity index (χ3v) is 2.44. The van der Waals surface area contributed by atoms with Gasteiger partial charge in [-0.15, -0.1) is 0 Å². The van der Waals surface area contributed by atoms with Gasteiger partial charge in [0.1, 0.15) is 0 Å². The van der Waals surface area contributed by atoms with Crippen molar-refractivity contribution in [3.05, 3.63) is 29.6 Å². The van der Waals surface area contributed by atoms with Crippen LogP contribution in [0.2, 0.25) is 5.28 Å². The second-order valence-corrected chi connectivity index (χ2v) is 3.64. The number of aliphatic carboxylic acids is 1. The maximum atomic E-state index is 10.6. The summed E-state index contributed by atoms with van der Waals surface area (Å²) in [5, 5.41) is 8.90. The molecular formula is C9H9ClN4O2. The van der Waals surface area contributed by atoms with Gasteiger partial charge >= 0.3 is 5.97 Å². The van der Waals surface area contributed by atoms with Gasteiger partial charge in [-0.2, -0.15) is 0 Å². The SMILES string of the molecule is NC(CC(=O)O)c1nc(Cl)n2ccncc12. The number of hydrogen-bond acceptors (Lipinski definition) is 4. The van der Waals surface area contributed by atoms with Crippen molar-refractivity contribution in [2.45, 2.75) is 12.5 Å². The molecule has 7 heteroatoms. The van der Waals surface area contributed by atoms with Crippen molar-refractivity contribution in [3.63, 3.8) is 0 Å². The Balaban J connectivity index is 2.48. The first-order valence-corrected chi connectivity index (χ1v) is 4.92. The molecule has 2 heterocycles. The van der Waals surface area contributed by atoms with Crippen molar-refractivity contribution in [2.24, 2.45) is 5.73 Å². The molecule has 0 radical (unpaired) electrons. The Kier molecular flexibility index (Phi) is 2.76. The van der Waals surface area contributed by atoms with E-state index in [0.29, 0.717) is 11.2 Å². The van der Waals surface area contributed by atoms with Gasteiger partial charge in [-0.1, -0.05) is 0 Å². The first-order chi connectivity index (χ1) is 7.59. The number of aromatic nitrogens is 3. The Bertz CT molecular complexity index is 539. The number of hydrogen-bond donors (Lipinski definition) is 2. The maximum Gasteiger partial charge on any atom is 0.305 e. The lowest BCUT2D eigenvalue weighted by molar-refractivity contribution is -0.137. The predicted octanol–water partition coefficient (Wildman–Crippen LogP) is 0.857. The number of halogens is 1. The molecule has 3 N–H and O–H groups in total. The van der Waals surface area contributed by atoms with Gasteiger partial charge in [-0.25, -0.2) is 4.98 Å². The van der Waals surface area contributed by atoms with E-state index in [-0.39, 0.29) is 11.7 Å². The van der Waals surface area contributed by atoms with E-state index in [1.165, 1.54) is 0 Å². The summed E-state index contributed by atoms with van der Waals surface area (Å²) in [6, 6.07) is -0.691. The Labute approximate surface area is 95.7 Å². The summed E-state index contributed by atoms with van der Waals surface area (Å²) in [5.74, 6) is -0.978. The quantitative estimate of drug-likeness (QED) is 0.830. The Morgan fingerprint density at radius 2 is 2.44 bits per heavy atom. The van der Waals surface area contributed by atoms with Crippen LogP contribution in [0, 0.1) is 0 Å². The first kappa shape index (κ1) is 10.8. The minimum absolute atomic E-state index is 0.197. The van der Waals surface area contributed by atoms with E-state index in [4.69, 9.17) is 22.4 Å². The average molecular weight is 241 g/mol. The highest BCUT2D eigenvalue weighted by Gasteiger charge is 2.18. The number of carboxylic acids is 1. The summed E-state index contributed by atoms with van der Waals surface area (Å²) in [5.41, 5.74) is 6.80. The summed E-state index contributed by atoms with van der Waals surface area (Å²) in [6.07, 6.45) is 4.56. The zero-order valence-corrected chi connectivity index (χ0v) is 8.92. The van der Waals surface area contributed by atoms with E-state index in [2.05, 4.69) is 9.97 Å². The fourth-order valence-corrected chi connectivity index (χ4v) is 1.72. The molecule has 0 aliphatic heterocycles. The molecule has 0 aliphatic carbocycles. The third kappa shape index (κ3) is 1.84. The lowest BCUT2D eigenvalue weighted by atomic mass is 10.1. The number of carboxylic acid groups (broad SMARTS) is 1. The molecule has 1 unspecified atom stereocenters. The summed E-state index contributed by atoms with van der Waals surface area (Å²) in [4.78, 5) is 18.5. The van der Waals surface area contributed by atoms with Crippen molar-refractivity contribution in [2.75, 3.05) is 0 Å². The van der Waals surface area contributed by atoms with E-state index in [0.717, 1.165) is 0 Å². The summed E-state index contributed by atoms with van der Waals surface area (Å²) in [6.45, 7) is 0. The van der Waals surface area contributed by atoms with Gasteiger partial charge in [0.2, 0.25) is 5.28 Å². The van der Waals surface area contributed by atoms with Crippen LogP contribution >= 0.6 is 11.6 Å². The molecule has 2 rings (SSSR count). The van der Waals surface area contributed by atoms with Crippen molar-refractivity contribution >= 4 is 23.1 Å². The molecule has 0 amide bonds. The highest BCUT2D eigenvalue weighted by molar-refractivity contribution is 6.28. The zero-order chi connectivity index (χ0) is 11.7. The van der Waals surface area contributed by atoms with Crippen LogP contribution in [-0.4, -0.2) is 25.4 Å². The number of rotatable bonds is 3. The smallest absolute Gasteiger partial charge is 0.305 e. The number of nitrogens with two attached hydrogens (primary N) is 1. The second-order valence-electron chi connectivity index (χ2n) is 3.30. The lowest BCUT2D eigenvalue weighted by Gasteiger charge is -2.05. The summed E-state index contributed by atoms with van der Waals surface area (Å²) < 4.78 is 1.60. The molecule has 0 aromatic carbocycles. The summed E-state index contributed by atoms with van der Waals surface area (Å²) in [7, 11) is 0. The third-order valence-electron chi connectivity index (χ3n) is 2.18. The maximum absolute atomic E-state index is 10.6. The van der Waals surface area contributed by atoms with Gasteiger partial charge < -0.3 is 10.8 Å². The number of nitrogens with zero attached hydrogens (tertiary/aromatic N) is 3. The molecule has 1 atom stereocenters. The van der Waals surface area contributed by atoms with Gasteiger partial charge in [0.05, 0.1) is 29.9 Å². The number of imidazole rings is 1. The number of fused-ring (bicyclic) bond motifs is 1. The van der Waals surface area contributed by atoms with Crippen LogP contribution in [0.4, 0.5) is 0 Å². The fourth-order valence-electron chi connectivity index (χ4n) is 1.48. The monoisotopic (exact) mass is 240 g/mol. The van der Waals surface area contributed by atoms with Crippen LogP contribution < -0.4 is 5.73 Å². The molecule has 0 fully saturated rings. The molecule has 0 bridgehead atoms. The largest absolute Gasteiger partial charge is 0.481 e. The second kappa shape index (κ2) is 4.07. The normalized spacial score (nSPS) is 12.9. The van der Waals surface area contributed by atoms with Crippen molar-refractivity contribution in [1.82, 2.24) is 14.4 Å². The van der Waals surface area contributed by atoms with Crippen LogP contribution in [-0.2, 0) is 4.79 Å². The molecule has 6 nitrogen and oxygen atoms in total. The van der Waals surface area contributed by atoms with E-state index in [9.17, 15) is 4.79 Å². The van der Waals surface area contributed by atoms with Crippen LogP contribution in [0.15, 0.2) is 18.6 Å². The average Bonchev–Trinajstić information content (AvgIpc) is 2.56. The van der Waals surface area contributed by atoms with Crippen molar-refractivity contribution < 1.29 is 9.90 Å². The molecule has 84 valence electrons. The molecular weight excluding hydrogens is 232 g/mol. The molecule has 0 spiro atoms. The highest BCUT2D eigenvalue weighted by Crippen LogP contribution is 2.22. The summed E-state index contributed by atoms with van der Waals surface area (Å²) >= 11 is 5.88. The Morgan fingerprint density at radius 3 is 3.12 bits per heavy atom. The molecule has 2 aromatic rings. The minimum atomic E-state index is -0.978. The van der Waals surface area contributed by atoms with E-state index < -0.39 is 12.0 Å². The molecule has 0 aliphatic rings. The first-order valence-electron chi connectivity index (χ1n) is 4.54. The molecule has 2 aromatic heterocycles. The van der Waals surface area contributed by atoms with Gasteiger partial charge in [-0.05, 0) is 11.6 Å². The standard InChI is InChI=1S/C9H9ClN4O2/c10-9-13-8(5(11)3-7(15)16)6-4-12-1-2-14(6)9/h1-2,4-5H,3,11H2,(H,15,16). The Hall–Kier alpha value is -1.66. The fraction of sp³-hybridized carbons (Fsp3) is 0.222.